The highest BCUT2D eigenvalue weighted by Gasteiger charge is 2.80. The van der Waals surface area contributed by atoms with Gasteiger partial charge in [-0.2, -0.15) is 0 Å². The highest BCUT2D eigenvalue weighted by Crippen LogP contribution is 2.70. The minimum Gasteiger partial charge on any atom is -0.472 e. The summed E-state index contributed by atoms with van der Waals surface area (Å²) in [5, 5.41) is 0. The Kier molecular flexibility index (Phi) is 7.08. The standard InChI is InChI=1S/C29H42O9/c1-7-16(2)25(32)37-22-9-8-21-27(6,23-13-20-10-11-33-26(20)38-23)17(3)12-24(36-19(5)31)28(21,14-34-18(4)30)29(22)15-35-29/h10-11,16-17,20-24,26H,7-9,12-15H2,1-6H3/t16?,17-,20-,21-,22+,23+,24+,26+,27+,28+,29-/m1/s1. The third kappa shape index (κ3) is 4.07. The third-order valence-electron chi connectivity index (χ3n) is 10.5. The average molecular weight is 535 g/mol. The van der Waals surface area contributed by atoms with Crippen LogP contribution in [-0.4, -0.2) is 61.3 Å². The van der Waals surface area contributed by atoms with E-state index < -0.39 is 35.2 Å². The van der Waals surface area contributed by atoms with Crippen LogP contribution in [0.5, 0.6) is 0 Å². The Bertz CT molecular complexity index is 989. The Labute approximate surface area is 224 Å². The summed E-state index contributed by atoms with van der Waals surface area (Å²) in [5.41, 5.74) is -2.17. The van der Waals surface area contributed by atoms with E-state index in [1.54, 1.807) is 6.26 Å². The van der Waals surface area contributed by atoms with E-state index in [9.17, 15) is 14.4 Å². The fraction of sp³-hybridized carbons (Fsp3) is 0.828. The molecule has 2 aliphatic carbocycles. The molecule has 0 bridgehead atoms. The van der Waals surface area contributed by atoms with E-state index in [0.717, 1.165) is 6.42 Å². The molecular weight excluding hydrogens is 492 g/mol. The van der Waals surface area contributed by atoms with Crippen molar-refractivity contribution in [2.45, 2.75) is 104 Å². The number of carbonyl (C=O) groups is 3. The van der Waals surface area contributed by atoms with Crippen LogP contribution in [0.3, 0.4) is 0 Å². The maximum atomic E-state index is 13.0. The molecule has 9 nitrogen and oxygen atoms in total. The number of carbonyl (C=O) groups excluding carboxylic acids is 3. The minimum absolute atomic E-state index is 0.0145. The van der Waals surface area contributed by atoms with Crippen molar-refractivity contribution in [1.29, 1.82) is 0 Å². The molecule has 0 aromatic rings. The van der Waals surface area contributed by atoms with E-state index in [-0.39, 0.29) is 54.1 Å². The van der Waals surface area contributed by atoms with Crippen LogP contribution < -0.4 is 0 Å². The molecule has 38 heavy (non-hydrogen) atoms. The van der Waals surface area contributed by atoms with E-state index >= 15 is 0 Å². The van der Waals surface area contributed by atoms with Crippen LogP contribution in [0.25, 0.3) is 0 Å². The fourth-order valence-electron chi connectivity index (χ4n) is 8.04. The lowest BCUT2D eigenvalue weighted by molar-refractivity contribution is -0.269. The number of hydrogen-bond acceptors (Lipinski definition) is 9. The van der Waals surface area contributed by atoms with Gasteiger partial charge >= 0.3 is 17.9 Å². The van der Waals surface area contributed by atoms with Gasteiger partial charge < -0.3 is 28.4 Å². The van der Waals surface area contributed by atoms with Crippen molar-refractivity contribution < 1.29 is 42.8 Å². The maximum absolute atomic E-state index is 13.0. The number of ether oxygens (including phenoxy) is 6. The second kappa shape index (κ2) is 9.81. The molecule has 0 N–H and O–H groups in total. The van der Waals surface area contributed by atoms with Gasteiger partial charge in [0.25, 0.3) is 0 Å². The Morgan fingerprint density at radius 2 is 1.82 bits per heavy atom. The monoisotopic (exact) mass is 534 g/mol. The Balaban J connectivity index is 1.59. The van der Waals surface area contributed by atoms with E-state index in [2.05, 4.69) is 19.9 Å². The molecule has 212 valence electrons. The second-order valence-electron chi connectivity index (χ2n) is 12.3. The Hall–Kier alpha value is -2.13. The SMILES string of the molecule is CCC(C)C(=O)O[C@H]1CC[C@@H]2[C@@](C)([C@@H]3C[C@H]4C=CO[C@H]4O3)[C@H](C)C[C@H](OC(C)=O)[C@@]2(COC(C)=O)[C@@]12CO2. The highest BCUT2D eigenvalue weighted by molar-refractivity contribution is 5.72. The maximum Gasteiger partial charge on any atom is 0.309 e. The van der Waals surface area contributed by atoms with Crippen molar-refractivity contribution in [3.05, 3.63) is 12.3 Å². The molecule has 2 saturated carbocycles. The lowest BCUT2D eigenvalue weighted by atomic mass is 9.42. The van der Waals surface area contributed by atoms with Gasteiger partial charge in [-0.25, -0.2) is 0 Å². The molecule has 3 aliphatic heterocycles. The molecule has 0 aromatic carbocycles. The van der Waals surface area contributed by atoms with Gasteiger partial charge in [0.05, 0.1) is 30.3 Å². The van der Waals surface area contributed by atoms with Crippen LogP contribution in [0.1, 0.15) is 73.6 Å². The van der Waals surface area contributed by atoms with Crippen LogP contribution in [0.4, 0.5) is 0 Å². The average Bonchev–Trinajstić information content (AvgIpc) is 3.35. The molecule has 3 heterocycles. The molecule has 9 heteroatoms. The summed E-state index contributed by atoms with van der Waals surface area (Å²) < 4.78 is 36.5. The molecular formula is C29H42O9. The molecule has 5 aliphatic rings. The highest BCUT2D eigenvalue weighted by atomic mass is 16.7. The van der Waals surface area contributed by atoms with E-state index in [1.165, 1.54) is 13.8 Å². The first-order chi connectivity index (χ1) is 18.0. The normalized spacial score (nSPS) is 45.5. The Morgan fingerprint density at radius 1 is 1.08 bits per heavy atom. The quantitative estimate of drug-likeness (QED) is 0.273. The lowest BCUT2D eigenvalue weighted by Gasteiger charge is -2.64. The second-order valence-corrected chi connectivity index (χ2v) is 12.3. The van der Waals surface area contributed by atoms with Crippen molar-refractivity contribution in [3.63, 3.8) is 0 Å². The van der Waals surface area contributed by atoms with Crippen LogP contribution >= 0.6 is 0 Å². The molecule has 5 rings (SSSR count). The van der Waals surface area contributed by atoms with Crippen LogP contribution in [0.2, 0.25) is 0 Å². The molecule has 11 atom stereocenters. The predicted octanol–water partition coefficient (Wildman–Crippen LogP) is 3.93. The van der Waals surface area contributed by atoms with Gasteiger partial charge in [-0.3, -0.25) is 14.4 Å². The predicted molar refractivity (Wildman–Crippen MR) is 134 cm³/mol. The summed E-state index contributed by atoms with van der Waals surface area (Å²) in [6, 6.07) is 0. The van der Waals surface area contributed by atoms with Crippen LogP contribution in [-0.2, 0) is 42.8 Å². The summed E-state index contributed by atoms with van der Waals surface area (Å²) in [6.45, 7) is 11.4. The first-order valence-corrected chi connectivity index (χ1v) is 14.1. The smallest absolute Gasteiger partial charge is 0.309 e. The number of esters is 3. The van der Waals surface area contributed by atoms with Gasteiger partial charge in [0.1, 0.15) is 24.4 Å². The molecule has 1 spiro atoms. The number of fused-ring (bicyclic) bond motifs is 3. The van der Waals surface area contributed by atoms with Crippen molar-refractivity contribution in [2.75, 3.05) is 13.2 Å². The molecule has 0 aromatic heterocycles. The van der Waals surface area contributed by atoms with Gasteiger partial charge in [-0.15, -0.1) is 0 Å². The summed E-state index contributed by atoms with van der Waals surface area (Å²) >= 11 is 0. The molecule has 0 radical (unpaired) electrons. The lowest BCUT2D eigenvalue weighted by Crippen LogP contribution is -2.72. The zero-order chi connectivity index (χ0) is 27.5. The van der Waals surface area contributed by atoms with Crippen molar-refractivity contribution in [2.24, 2.45) is 34.5 Å². The Morgan fingerprint density at radius 3 is 2.42 bits per heavy atom. The summed E-state index contributed by atoms with van der Waals surface area (Å²) in [4.78, 5) is 37.6. The first kappa shape index (κ1) is 27.4. The number of rotatable bonds is 7. The number of hydrogen-bond donors (Lipinski definition) is 0. The number of epoxide rings is 1. The zero-order valence-electron chi connectivity index (χ0n) is 23.4. The van der Waals surface area contributed by atoms with E-state index in [1.807, 2.05) is 13.8 Å². The fourth-order valence-corrected chi connectivity index (χ4v) is 8.04. The third-order valence-corrected chi connectivity index (χ3v) is 10.5. The summed E-state index contributed by atoms with van der Waals surface area (Å²) in [5.74, 6) is -1.08. The first-order valence-electron chi connectivity index (χ1n) is 14.1. The van der Waals surface area contributed by atoms with E-state index in [0.29, 0.717) is 32.3 Å². The molecule has 2 saturated heterocycles. The van der Waals surface area contributed by atoms with Crippen LogP contribution in [0.15, 0.2) is 12.3 Å². The minimum atomic E-state index is -0.916. The topological polar surface area (TPSA) is 110 Å². The van der Waals surface area contributed by atoms with Gasteiger partial charge in [-0.05, 0) is 50.0 Å². The van der Waals surface area contributed by atoms with Gasteiger partial charge in [-0.1, -0.05) is 27.7 Å². The van der Waals surface area contributed by atoms with Crippen molar-refractivity contribution in [3.8, 4) is 0 Å². The van der Waals surface area contributed by atoms with E-state index in [4.69, 9.17) is 28.4 Å². The zero-order valence-corrected chi connectivity index (χ0v) is 23.4. The summed E-state index contributed by atoms with van der Waals surface area (Å²) in [7, 11) is 0. The molecule has 1 unspecified atom stereocenters. The molecule has 4 fully saturated rings. The van der Waals surface area contributed by atoms with Gasteiger partial charge in [0, 0.05) is 25.2 Å². The van der Waals surface area contributed by atoms with Gasteiger partial charge in [0.15, 0.2) is 0 Å². The summed E-state index contributed by atoms with van der Waals surface area (Å²) in [6.07, 6.45) is 5.62. The van der Waals surface area contributed by atoms with Gasteiger partial charge in [0.2, 0.25) is 6.29 Å². The molecule has 0 amide bonds. The van der Waals surface area contributed by atoms with Crippen LogP contribution in [0, 0.1) is 34.5 Å². The largest absolute Gasteiger partial charge is 0.472 e. The van der Waals surface area contributed by atoms with Crippen molar-refractivity contribution >= 4 is 17.9 Å². The van der Waals surface area contributed by atoms with Crippen molar-refractivity contribution in [1.82, 2.24) is 0 Å².